The van der Waals surface area contributed by atoms with Gasteiger partial charge in [-0.1, -0.05) is 65.3 Å². The van der Waals surface area contributed by atoms with E-state index in [0.29, 0.717) is 22.7 Å². The minimum absolute atomic E-state index is 0.0893. The summed E-state index contributed by atoms with van der Waals surface area (Å²) in [5.41, 5.74) is 4.00. The summed E-state index contributed by atoms with van der Waals surface area (Å²) in [6, 6.07) is 0. The lowest BCUT2D eigenvalue weighted by Crippen LogP contribution is -2.50. The second kappa shape index (κ2) is 8.66. The third-order valence-electron chi connectivity index (χ3n) is 11.4. The van der Waals surface area contributed by atoms with Crippen LogP contribution in [0.1, 0.15) is 106 Å². The molecule has 4 aliphatic carbocycles. The van der Waals surface area contributed by atoms with E-state index < -0.39 is 0 Å². The Kier molecular flexibility index (Phi) is 6.59. The van der Waals surface area contributed by atoms with Crippen LogP contribution < -0.4 is 0 Å². The number of rotatable bonds is 6. The predicted octanol–water partition coefficient (Wildman–Crippen LogP) is 8.19. The fourth-order valence-electron chi connectivity index (χ4n) is 9.24. The second-order valence-corrected chi connectivity index (χ2v) is 12.9. The van der Waals surface area contributed by atoms with E-state index >= 15 is 0 Å². The number of hydrogen-bond acceptors (Lipinski definition) is 1. The molecule has 0 aromatic carbocycles. The summed E-state index contributed by atoms with van der Waals surface area (Å²) in [4.78, 5) is 0. The van der Waals surface area contributed by atoms with Crippen LogP contribution in [0.3, 0.4) is 0 Å². The molecule has 0 saturated heterocycles. The molecule has 0 heterocycles. The summed E-state index contributed by atoms with van der Waals surface area (Å²) in [5.74, 6) is 5.64. The van der Waals surface area contributed by atoms with Crippen molar-refractivity contribution in [2.75, 3.05) is 0 Å². The van der Waals surface area contributed by atoms with Gasteiger partial charge in [-0.3, -0.25) is 0 Å². The molecule has 0 aliphatic heterocycles. The van der Waals surface area contributed by atoms with Gasteiger partial charge in [0.15, 0.2) is 0 Å². The van der Waals surface area contributed by atoms with Gasteiger partial charge >= 0.3 is 0 Å². The topological polar surface area (TPSA) is 20.2 Å². The van der Waals surface area contributed by atoms with Gasteiger partial charge in [0.25, 0.3) is 0 Å². The van der Waals surface area contributed by atoms with Crippen LogP contribution in [0.15, 0.2) is 23.8 Å². The Morgan fingerprint density at radius 1 is 1.06 bits per heavy atom. The highest BCUT2D eigenvalue weighted by Crippen LogP contribution is 2.67. The molecule has 0 radical (unpaired) electrons. The maximum absolute atomic E-state index is 10.3. The van der Waals surface area contributed by atoms with Crippen molar-refractivity contribution in [3.63, 3.8) is 0 Å². The molecular formula is C30H50O. The number of allylic oxidation sites excluding steroid dienone is 2. The zero-order chi connectivity index (χ0) is 22.6. The van der Waals surface area contributed by atoms with E-state index in [2.05, 4.69) is 54.2 Å². The molecule has 1 nitrogen and oxygen atoms in total. The maximum atomic E-state index is 10.3. The van der Waals surface area contributed by atoms with E-state index in [9.17, 15) is 5.11 Å². The predicted molar refractivity (Wildman–Crippen MR) is 133 cm³/mol. The zero-order valence-corrected chi connectivity index (χ0v) is 21.4. The summed E-state index contributed by atoms with van der Waals surface area (Å²) >= 11 is 0. The Labute approximate surface area is 193 Å². The Morgan fingerprint density at radius 3 is 2.52 bits per heavy atom. The van der Waals surface area contributed by atoms with E-state index in [1.54, 1.807) is 5.57 Å². The van der Waals surface area contributed by atoms with Gasteiger partial charge in [-0.05, 0) is 116 Å². The van der Waals surface area contributed by atoms with Gasteiger partial charge in [0, 0.05) is 0 Å². The van der Waals surface area contributed by atoms with Gasteiger partial charge in [-0.25, -0.2) is 0 Å². The normalized spacial score (nSPS) is 45.0. The average molecular weight is 427 g/mol. The highest BCUT2D eigenvalue weighted by atomic mass is 16.3. The minimum atomic E-state index is -0.0893. The van der Waals surface area contributed by atoms with Crippen molar-refractivity contribution in [3.8, 4) is 0 Å². The van der Waals surface area contributed by atoms with E-state index in [-0.39, 0.29) is 6.10 Å². The molecule has 176 valence electrons. The first-order chi connectivity index (χ1) is 14.6. The second-order valence-electron chi connectivity index (χ2n) is 12.9. The van der Waals surface area contributed by atoms with E-state index in [1.165, 1.54) is 56.9 Å². The van der Waals surface area contributed by atoms with Gasteiger partial charge < -0.3 is 5.11 Å². The molecule has 2 unspecified atom stereocenters. The van der Waals surface area contributed by atoms with Crippen molar-refractivity contribution in [3.05, 3.63) is 23.8 Å². The van der Waals surface area contributed by atoms with Crippen LogP contribution in [-0.2, 0) is 0 Å². The van der Waals surface area contributed by atoms with Crippen molar-refractivity contribution in [1.29, 1.82) is 0 Å². The molecule has 1 N–H and O–H groups in total. The Balaban J connectivity index is 1.49. The molecule has 0 bridgehead atoms. The number of fused-ring (bicyclic) bond motifs is 5. The minimum Gasteiger partial charge on any atom is -0.393 e. The van der Waals surface area contributed by atoms with Crippen LogP contribution >= 0.6 is 0 Å². The Morgan fingerprint density at radius 2 is 1.81 bits per heavy atom. The van der Waals surface area contributed by atoms with Crippen molar-refractivity contribution < 1.29 is 5.11 Å². The maximum Gasteiger partial charge on any atom is 0.0577 e. The molecule has 0 amide bonds. The molecule has 3 fully saturated rings. The van der Waals surface area contributed by atoms with Crippen LogP contribution in [0.25, 0.3) is 0 Å². The van der Waals surface area contributed by atoms with Crippen molar-refractivity contribution in [2.45, 2.75) is 112 Å². The van der Waals surface area contributed by atoms with Crippen molar-refractivity contribution in [1.82, 2.24) is 0 Å². The van der Waals surface area contributed by atoms with E-state index in [4.69, 9.17) is 0 Å². The highest BCUT2D eigenvalue weighted by molar-refractivity contribution is 5.25. The first-order valence-electron chi connectivity index (χ1n) is 13.7. The summed E-state index contributed by atoms with van der Waals surface area (Å²) in [6.07, 6.45) is 15.2. The number of aliphatic hydroxyl groups is 1. The SMILES string of the molecule is C=C(C(C)CC)C(C)C[C@@H](C)[C@H]1CC[C@H]2[C@@H]3CC=C4C[C@@H](O)CC[C@]4(C)[C@H]3CC[C@]12C. The largest absolute Gasteiger partial charge is 0.393 e. The monoisotopic (exact) mass is 426 g/mol. The fourth-order valence-corrected chi connectivity index (χ4v) is 9.24. The Hall–Kier alpha value is -0.560. The third kappa shape index (κ3) is 3.89. The van der Waals surface area contributed by atoms with Gasteiger partial charge in [-0.15, -0.1) is 0 Å². The number of hydrogen-bond donors (Lipinski definition) is 1. The average Bonchev–Trinajstić information content (AvgIpc) is 3.10. The van der Waals surface area contributed by atoms with Crippen LogP contribution in [0, 0.1) is 52.3 Å². The smallest absolute Gasteiger partial charge is 0.0577 e. The third-order valence-corrected chi connectivity index (χ3v) is 11.4. The summed E-state index contributed by atoms with van der Waals surface area (Å²) in [6.45, 7) is 19.4. The van der Waals surface area contributed by atoms with Crippen LogP contribution in [-0.4, -0.2) is 11.2 Å². The molecule has 0 aromatic rings. The van der Waals surface area contributed by atoms with E-state index in [0.717, 1.165) is 42.4 Å². The lowest BCUT2D eigenvalue weighted by molar-refractivity contribution is -0.0577. The Bertz CT molecular complexity index is 705. The lowest BCUT2D eigenvalue weighted by Gasteiger charge is -2.58. The van der Waals surface area contributed by atoms with Gasteiger partial charge in [0.1, 0.15) is 0 Å². The molecule has 31 heavy (non-hydrogen) atoms. The van der Waals surface area contributed by atoms with Crippen LogP contribution in [0.5, 0.6) is 0 Å². The molecule has 0 spiro atoms. The first-order valence-corrected chi connectivity index (χ1v) is 13.7. The van der Waals surface area contributed by atoms with E-state index in [1.807, 2.05) is 0 Å². The highest BCUT2D eigenvalue weighted by Gasteiger charge is 2.59. The lowest BCUT2D eigenvalue weighted by atomic mass is 9.47. The quantitative estimate of drug-likeness (QED) is 0.424. The summed E-state index contributed by atoms with van der Waals surface area (Å²) < 4.78 is 0. The molecule has 0 aromatic heterocycles. The van der Waals surface area contributed by atoms with Crippen molar-refractivity contribution in [2.24, 2.45) is 52.3 Å². The molecular weight excluding hydrogens is 376 g/mol. The fraction of sp³-hybridized carbons (Fsp3) is 0.867. The summed E-state index contributed by atoms with van der Waals surface area (Å²) in [7, 11) is 0. The number of aliphatic hydroxyl groups excluding tert-OH is 1. The molecule has 4 aliphatic rings. The van der Waals surface area contributed by atoms with Gasteiger partial charge in [-0.2, -0.15) is 0 Å². The molecule has 4 rings (SSSR count). The summed E-state index contributed by atoms with van der Waals surface area (Å²) in [5, 5.41) is 10.3. The van der Waals surface area contributed by atoms with Crippen LogP contribution in [0.2, 0.25) is 0 Å². The van der Waals surface area contributed by atoms with Gasteiger partial charge in [0.2, 0.25) is 0 Å². The molecule has 3 saturated carbocycles. The first kappa shape index (κ1) is 23.6. The molecule has 1 heteroatoms. The zero-order valence-electron chi connectivity index (χ0n) is 21.4. The van der Waals surface area contributed by atoms with Gasteiger partial charge in [0.05, 0.1) is 6.10 Å². The molecule has 10 atom stereocenters. The standard InChI is InChI=1S/C30H50O/c1-8-19(2)22(5)20(3)17-21(4)26-11-12-27-25-10-9-23-18-24(31)13-15-29(23,6)28(25)14-16-30(26,27)7/h9,19-21,24-28,31H,5,8,10-18H2,1-4,6-7H3/t19?,20?,21-,24+,25+,26-,27+,28+,29+,30-/m1/s1. The van der Waals surface area contributed by atoms with Crippen LogP contribution in [0.4, 0.5) is 0 Å². The van der Waals surface area contributed by atoms with Crippen molar-refractivity contribution >= 4 is 0 Å².